The van der Waals surface area contributed by atoms with Crippen molar-refractivity contribution >= 4 is 0 Å². The fourth-order valence-corrected chi connectivity index (χ4v) is 3.35. The Morgan fingerprint density at radius 3 is 2.80 bits per heavy atom. The molecule has 0 aliphatic heterocycles. The number of fused-ring (bicyclic) bond motifs is 1. The summed E-state index contributed by atoms with van der Waals surface area (Å²) in [5.41, 5.74) is 11.8. The van der Waals surface area contributed by atoms with Crippen LogP contribution in [0.4, 0.5) is 0 Å². The maximum absolute atomic E-state index is 6.70. The number of hydrogen-bond acceptors (Lipinski definition) is 2. The molecular formula is C17H23N3. The van der Waals surface area contributed by atoms with E-state index in [1.807, 2.05) is 0 Å². The molecule has 0 fully saturated rings. The Morgan fingerprint density at radius 1 is 1.30 bits per heavy atom. The van der Waals surface area contributed by atoms with Gasteiger partial charge in [0.25, 0.3) is 0 Å². The Bertz CT molecular complexity index is 614. The fraction of sp³-hybridized carbons (Fsp3) is 0.471. The van der Waals surface area contributed by atoms with E-state index in [9.17, 15) is 0 Å². The van der Waals surface area contributed by atoms with Crippen LogP contribution < -0.4 is 5.73 Å². The van der Waals surface area contributed by atoms with Crippen LogP contribution >= 0.6 is 0 Å². The summed E-state index contributed by atoms with van der Waals surface area (Å²) < 4.78 is 2.09. The normalized spacial score (nSPS) is 21.8. The monoisotopic (exact) mass is 269 g/mol. The first-order valence-electron chi connectivity index (χ1n) is 7.49. The smallest absolute Gasteiger partial charge is 0.0596 e. The van der Waals surface area contributed by atoms with Crippen molar-refractivity contribution in [2.24, 2.45) is 5.73 Å². The quantitative estimate of drug-likeness (QED) is 0.931. The zero-order valence-electron chi connectivity index (χ0n) is 12.4. The van der Waals surface area contributed by atoms with E-state index in [1.165, 1.54) is 16.8 Å². The average molecular weight is 269 g/mol. The lowest BCUT2D eigenvalue weighted by Crippen LogP contribution is -2.47. The van der Waals surface area contributed by atoms with E-state index >= 15 is 0 Å². The van der Waals surface area contributed by atoms with Crippen molar-refractivity contribution < 1.29 is 0 Å². The maximum Gasteiger partial charge on any atom is 0.0596 e. The van der Waals surface area contributed by atoms with Gasteiger partial charge in [-0.1, -0.05) is 24.3 Å². The van der Waals surface area contributed by atoms with E-state index in [0.29, 0.717) is 0 Å². The molecule has 1 aromatic heterocycles. The molecule has 3 heteroatoms. The van der Waals surface area contributed by atoms with Gasteiger partial charge in [-0.25, -0.2) is 0 Å². The maximum atomic E-state index is 6.70. The van der Waals surface area contributed by atoms with Gasteiger partial charge in [0, 0.05) is 24.2 Å². The number of hydrogen-bond donors (Lipinski definition) is 1. The van der Waals surface area contributed by atoms with Gasteiger partial charge in [0.1, 0.15) is 0 Å². The van der Waals surface area contributed by atoms with Gasteiger partial charge in [-0.3, -0.25) is 4.68 Å². The molecule has 20 heavy (non-hydrogen) atoms. The van der Waals surface area contributed by atoms with Crippen LogP contribution in [0, 0.1) is 6.92 Å². The highest BCUT2D eigenvalue weighted by Gasteiger charge is 2.31. The number of aryl methyl sites for hydroxylation is 3. The number of nitrogens with two attached hydrogens (primary N) is 1. The average Bonchev–Trinajstić information content (AvgIpc) is 2.78. The van der Waals surface area contributed by atoms with Crippen LogP contribution in [0.1, 0.15) is 35.9 Å². The Morgan fingerprint density at radius 2 is 2.05 bits per heavy atom. The molecule has 1 heterocycles. The fourth-order valence-electron chi connectivity index (χ4n) is 3.35. The van der Waals surface area contributed by atoms with Crippen molar-refractivity contribution in [3.63, 3.8) is 0 Å². The topological polar surface area (TPSA) is 43.8 Å². The van der Waals surface area contributed by atoms with Gasteiger partial charge in [-0.2, -0.15) is 5.10 Å². The third-order valence-corrected chi connectivity index (χ3v) is 4.37. The molecule has 1 aromatic carbocycles. The molecule has 0 radical (unpaired) electrons. The first kappa shape index (κ1) is 13.4. The Labute approximate surface area is 120 Å². The summed E-state index contributed by atoms with van der Waals surface area (Å²) in [6, 6.07) is 10.9. The zero-order chi connectivity index (χ0) is 14.2. The van der Waals surface area contributed by atoms with Gasteiger partial charge in [0.15, 0.2) is 0 Å². The van der Waals surface area contributed by atoms with E-state index in [-0.39, 0.29) is 5.54 Å². The summed E-state index contributed by atoms with van der Waals surface area (Å²) in [4.78, 5) is 0. The SMILES string of the molecule is CCn1nc(C)cc1CC1(N)CCc2ccccc2C1. The molecule has 3 nitrogen and oxygen atoms in total. The molecule has 0 saturated heterocycles. The highest BCUT2D eigenvalue weighted by molar-refractivity contribution is 5.33. The predicted octanol–water partition coefficient (Wildman–Crippen LogP) is 2.64. The zero-order valence-corrected chi connectivity index (χ0v) is 12.4. The molecule has 1 aliphatic carbocycles. The lowest BCUT2D eigenvalue weighted by Gasteiger charge is -2.35. The third-order valence-electron chi connectivity index (χ3n) is 4.37. The molecule has 3 rings (SSSR count). The molecule has 2 aromatic rings. The molecular weight excluding hydrogens is 246 g/mol. The number of rotatable bonds is 3. The molecule has 1 unspecified atom stereocenters. The molecule has 0 bridgehead atoms. The Balaban J connectivity index is 1.84. The second-order valence-corrected chi connectivity index (χ2v) is 6.08. The van der Waals surface area contributed by atoms with Gasteiger partial charge in [-0.05, 0) is 50.3 Å². The third kappa shape index (κ3) is 2.50. The van der Waals surface area contributed by atoms with Crippen LogP contribution in [0.3, 0.4) is 0 Å². The summed E-state index contributed by atoms with van der Waals surface area (Å²) in [5, 5.41) is 4.53. The minimum absolute atomic E-state index is 0.131. The van der Waals surface area contributed by atoms with Gasteiger partial charge in [0.05, 0.1) is 5.69 Å². The van der Waals surface area contributed by atoms with Gasteiger partial charge < -0.3 is 5.73 Å². The summed E-state index contributed by atoms with van der Waals surface area (Å²) in [6.45, 7) is 5.10. The van der Waals surface area contributed by atoms with E-state index < -0.39 is 0 Å². The lowest BCUT2D eigenvalue weighted by molar-refractivity contribution is 0.358. The van der Waals surface area contributed by atoms with Crippen molar-refractivity contribution in [3.05, 3.63) is 52.8 Å². The first-order chi connectivity index (χ1) is 9.59. The van der Waals surface area contributed by atoms with Crippen molar-refractivity contribution in [2.75, 3.05) is 0 Å². The predicted molar refractivity (Wildman–Crippen MR) is 81.7 cm³/mol. The van der Waals surface area contributed by atoms with Crippen LogP contribution in [0.25, 0.3) is 0 Å². The number of nitrogens with zero attached hydrogens (tertiary/aromatic N) is 2. The van der Waals surface area contributed by atoms with Gasteiger partial charge >= 0.3 is 0 Å². The largest absolute Gasteiger partial charge is 0.324 e. The molecule has 2 N–H and O–H groups in total. The molecule has 106 valence electrons. The van der Waals surface area contributed by atoms with Crippen LogP contribution in [-0.4, -0.2) is 15.3 Å². The second-order valence-electron chi connectivity index (χ2n) is 6.08. The minimum Gasteiger partial charge on any atom is -0.324 e. The summed E-state index contributed by atoms with van der Waals surface area (Å²) in [6.07, 6.45) is 4.02. The first-order valence-corrected chi connectivity index (χ1v) is 7.49. The van der Waals surface area contributed by atoms with Crippen molar-refractivity contribution in [1.82, 2.24) is 9.78 Å². The van der Waals surface area contributed by atoms with Gasteiger partial charge in [0.2, 0.25) is 0 Å². The summed E-state index contributed by atoms with van der Waals surface area (Å²) in [7, 11) is 0. The minimum atomic E-state index is -0.131. The summed E-state index contributed by atoms with van der Waals surface area (Å²) in [5.74, 6) is 0. The number of aromatic nitrogens is 2. The van der Waals surface area contributed by atoms with Crippen molar-refractivity contribution in [2.45, 2.75) is 51.6 Å². The van der Waals surface area contributed by atoms with E-state index in [1.54, 1.807) is 0 Å². The van der Waals surface area contributed by atoms with E-state index in [4.69, 9.17) is 5.73 Å². The summed E-state index contributed by atoms with van der Waals surface area (Å²) >= 11 is 0. The molecule has 0 spiro atoms. The van der Waals surface area contributed by atoms with Crippen LogP contribution in [0.5, 0.6) is 0 Å². The molecule has 1 aliphatic rings. The Kier molecular flexibility index (Phi) is 3.38. The van der Waals surface area contributed by atoms with E-state index in [2.05, 4.69) is 54.0 Å². The molecule has 0 amide bonds. The van der Waals surface area contributed by atoms with Gasteiger partial charge in [-0.15, -0.1) is 0 Å². The lowest BCUT2D eigenvalue weighted by atomic mass is 9.76. The van der Waals surface area contributed by atoms with Crippen molar-refractivity contribution in [1.29, 1.82) is 0 Å². The van der Waals surface area contributed by atoms with Crippen molar-refractivity contribution in [3.8, 4) is 0 Å². The molecule has 1 atom stereocenters. The second kappa shape index (κ2) is 5.06. The standard InChI is InChI=1S/C17H23N3/c1-3-20-16(10-13(2)19-20)12-17(18)9-8-14-6-4-5-7-15(14)11-17/h4-7,10H,3,8-9,11-12,18H2,1-2H3. The highest BCUT2D eigenvalue weighted by Crippen LogP contribution is 2.29. The van der Waals surface area contributed by atoms with Crippen LogP contribution in [0.15, 0.2) is 30.3 Å². The van der Waals surface area contributed by atoms with Crippen LogP contribution in [-0.2, 0) is 25.8 Å². The molecule has 0 saturated carbocycles. The Hall–Kier alpha value is -1.61. The van der Waals surface area contributed by atoms with Crippen LogP contribution in [0.2, 0.25) is 0 Å². The van der Waals surface area contributed by atoms with E-state index in [0.717, 1.165) is 37.9 Å². The number of benzene rings is 1. The highest BCUT2D eigenvalue weighted by atomic mass is 15.3.